The quantitative estimate of drug-likeness (QED) is 0.846. The van der Waals surface area contributed by atoms with E-state index in [0.717, 1.165) is 12.2 Å². The minimum absolute atomic E-state index is 0.0335. The van der Waals surface area contributed by atoms with Gasteiger partial charge in [0.1, 0.15) is 0 Å². The number of carbonyl (C=O) groups excluding carboxylic acids is 1. The smallest absolute Gasteiger partial charge is 0.221 e. The summed E-state index contributed by atoms with van der Waals surface area (Å²) in [5, 5.41) is 6.49. The SMILES string of the molecule is CC(=O)Nc1cccc(C(C)NCC2(N(C)C)CCC2)c1. The molecular formula is C17H27N3O. The van der Waals surface area contributed by atoms with Gasteiger partial charge in [0.25, 0.3) is 0 Å². The van der Waals surface area contributed by atoms with Gasteiger partial charge in [-0.25, -0.2) is 0 Å². The molecule has 0 heterocycles. The molecule has 2 rings (SSSR count). The van der Waals surface area contributed by atoms with E-state index in [1.54, 1.807) is 0 Å². The number of hydrogen-bond donors (Lipinski definition) is 2. The highest BCUT2D eigenvalue weighted by Gasteiger charge is 2.38. The van der Waals surface area contributed by atoms with Gasteiger partial charge in [-0.05, 0) is 58.0 Å². The third-order valence-electron chi connectivity index (χ3n) is 4.68. The van der Waals surface area contributed by atoms with E-state index in [0.29, 0.717) is 5.54 Å². The molecule has 116 valence electrons. The highest BCUT2D eigenvalue weighted by molar-refractivity contribution is 5.88. The average molecular weight is 289 g/mol. The Morgan fingerprint density at radius 3 is 2.62 bits per heavy atom. The van der Waals surface area contributed by atoms with Gasteiger partial charge < -0.3 is 15.5 Å². The lowest BCUT2D eigenvalue weighted by molar-refractivity contribution is -0.114. The molecule has 1 fully saturated rings. The van der Waals surface area contributed by atoms with Crippen molar-refractivity contribution in [3.8, 4) is 0 Å². The van der Waals surface area contributed by atoms with Gasteiger partial charge in [0, 0.05) is 30.7 Å². The average Bonchev–Trinajstić information content (AvgIpc) is 2.36. The van der Waals surface area contributed by atoms with Crippen molar-refractivity contribution in [1.29, 1.82) is 0 Å². The zero-order chi connectivity index (χ0) is 15.5. The summed E-state index contributed by atoms with van der Waals surface area (Å²) in [5.41, 5.74) is 2.39. The molecule has 21 heavy (non-hydrogen) atoms. The lowest BCUT2D eigenvalue weighted by Crippen LogP contribution is -2.56. The van der Waals surface area contributed by atoms with Crippen molar-refractivity contribution < 1.29 is 4.79 Å². The number of likely N-dealkylation sites (N-methyl/N-ethyl adjacent to an activating group) is 1. The topological polar surface area (TPSA) is 44.4 Å². The van der Waals surface area contributed by atoms with Gasteiger partial charge in [0.05, 0.1) is 0 Å². The van der Waals surface area contributed by atoms with Crippen LogP contribution in [0.2, 0.25) is 0 Å². The number of anilines is 1. The van der Waals surface area contributed by atoms with Crippen LogP contribution in [0, 0.1) is 0 Å². The molecule has 1 aromatic rings. The van der Waals surface area contributed by atoms with Gasteiger partial charge in [-0.2, -0.15) is 0 Å². The number of carbonyl (C=O) groups is 1. The standard InChI is InChI=1S/C17H27N3O/c1-13(18-12-17(20(3)4)9-6-10-17)15-7-5-8-16(11-15)19-14(2)21/h5,7-8,11,13,18H,6,9-10,12H2,1-4H3,(H,19,21). The zero-order valence-electron chi connectivity index (χ0n) is 13.6. The fourth-order valence-corrected chi connectivity index (χ4v) is 2.92. The van der Waals surface area contributed by atoms with E-state index in [9.17, 15) is 4.79 Å². The minimum Gasteiger partial charge on any atom is -0.326 e. The molecule has 0 spiro atoms. The second-order valence-corrected chi connectivity index (χ2v) is 6.38. The molecule has 4 nitrogen and oxygen atoms in total. The Bertz CT molecular complexity index is 495. The van der Waals surface area contributed by atoms with Crippen LogP contribution in [0.15, 0.2) is 24.3 Å². The molecule has 2 N–H and O–H groups in total. The molecule has 1 aliphatic rings. The maximum absolute atomic E-state index is 11.1. The van der Waals surface area contributed by atoms with Crippen LogP contribution in [0.4, 0.5) is 5.69 Å². The lowest BCUT2D eigenvalue weighted by atomic mass is 9.75. The molecule has 1 saturated carbocycles. The molecule has 4 heteroatoms. The Morgan fingerprint density at radius 1 is 1.38 bits per heavy atom. The fraction of sp³-hybridized carbons (Fsp3) is 0.588. The maximum Gasteiger partial charge on any atom is 0.221 e. The Hall–Kier alpha value is -1.39. The van der Waals surface area contributed by atoms with Crippen LogP contribution in [0.3, 0.4) is 0 Å². The normalized spacial score (nSPS) is 18.1. The van der Waals surface area contributed by atoms with Crippen molar-refractivity contribution in [2.45, 2.75) is 44.7 Å². The lowest BCUT2D eigenvalue weighted by Gasteiger charge is -2.48. The van der Waals surface area contributed by atoms with Crippen molar-refractivity contribution in [3.05, 3.63) is 29.8 Å². The first-order chi connectivity index (χ1) is 9.93. The van der Waals surface area contributed by atoms with Crippen LogP contribution in [0.5, 0.6) is 0 Å². The van der Waals surface area contributed by atoms with Gasteiger partial charge in [0.15, 0.2) is 0 Å². The van der Waals surface area contributed by atoms with Gasteiger partial charge >= 0.3 is 0 Å². The monoisotopic (exact) mass is 289 g/mol. The predicted molar refractivity (Wildman–Crippen MR) is 87.4 cm³/mol. The summed E-state index contributed by atoms with van der Waals surface area (Å²) < 4.78 is 0. The second kappa shape index (κ2) is 6.58. The van der Waals surface area contributed by atoms with E-state index in [1.807, 2.05) is 18.2 Å². The number of benzene rings is 1. The third-order valence-corrected chi connectivity index (χ3v) is 4.68. The minimum atomic E-state index is -0.0335. The summed E-state index contributed by atoms with van der Waals surface area (Å²) in [4.78, 5) is 13.5. The summed E-state index contributed by atoms with van der Waals surface area (Å²) in [6.45, 7) is 4.71. The van der Waals surface area contributed by atoms with Gasteiger partial charge in [-0.15, -0.1) is 0 Å². The van der Waals surface area contributed by atoms with Crippen molar-refractivity contribution in [3.63, 3.8) is 0 Å². The van der Waals surface area contributed by atoms with Gasteiger partial charge in [0.2, 0.25) is 5.91 Å². The summed E-state index contributed by atoms with van der Waals surface area (Å²) in [6, 6.07) is 8.33. The van der Waals surface area contributed by atoms with E-state index in [4.69, 9.17) is 0 Å². The van der Waals surface area contributed by atoms with E-state index in [1.165, 1.54) is 31.7 Å². The number of amides is 1. The highest BCUT2D eigenvalue weighted by atomic mass is 16.1. The molecular weight excluding hydrogens is 262 g/mol. The second-order valence-electron chi connectivity index (χ2n) is 6.38. The van der Waals surface area contributed by atoms with E-state index in [-0.39, 0.29) is 11.9 Å². The number of nitrogens with one attached hydrogen (secondary N) is 2. The number of nitrogens with zero attached hydrogens (tertiary/aromatic N) is 1. The number of rotatable bonds is 6. The Labute approximate surface area is 127 Å². The molecule has 1 aromatic carbocycles. The first-order valence-corrected chi connectivity index (χ1v) is 7.71. The van der Waals surface area contributed by atoms with Crippen molar-refractivity contribution >= 4 is 11.6 Å². The summed E-state index contributed by atoms with van der Waals surface area (Å²) in [6.07, 6.45) is 3.86. The largest absolute Gasteiger partial charge is 0.326 e. The maximum atomic E-state index is 11.1. The molecule has 1 amide bonds. The van der Waals surface area contributed by atoms with Gasteiger partial charge in [-0.1, -0.05) is 12.1 Å². The van der Waals surface area contributed by atoms with Crippen LogP contribution < -0.4 is 10.6 Å². The predicted octanol–water partition coefficient (Wildman–Crippen LogP) is 2.78. The Kier molecular flexibility index (Phi) is 5.01. The summed E-state index contributed by atoms with van der Waals surface area (Å²) in [7, 11) is 4.34. The van der Waals surface area contributed by atoms with Crippen molar-refractivity contribution in [2.24, 2.45) is 0 Å². The van der Waals surface area contributed by atoms with Crippen LogP contribution >= 0.6 is 0 Å². The van der Waals surface area contributed by atoms with Crippen molar-refractivity contribution in [1.82, 2.24) is 10.2 Å². The van der Waals surface area contributed by atoms with Crippen LogP contribution in [-0.2, 0) is 4.79 Å². The number of hydrogen-bond acceptors (Lipinski definition) is 3. The highest BCUT2D eigenvalue weighted by Crippen LogP contribution is 2.36. The Morgan fingerprint density at radius 2 is 2.10 bits per heavy atom. The molecule has 1 unspecified atom stereocenters. The van der Waals surface area contributed by atoms with E-state index >= 15 is 0 Å². The van der Waals surface area contributed by atoms with Crippen LogP contribution in [-0.4, -0.2) is 37.0 Å². The molecule has 0 saturated heterocycles. The molecule has 0 bridgehead atoms. The summed E-state index contributed by atoms with van der Waals surface area (Å²) in [5.74, 6) is -0.0335. The Balaban J connectivity index is 1.97. The van der Waals surface area contributed by atoms with E-state index < -0.39 is 0 Å². The first kappa shape index (κ1) is 16.0. The third kappa shape index (κ3) is 3.83. The first-order valence-electron chi connectivity index (χ1n) is 7.71. The van der Waals surface area contributed by atoms with E-state index in [2.05, 4.69) is 42.6 Å². The van der Waals surface area contributed by atoms with Gasteiger partial charge in [-0.3, -0.25) is 4.79 Å². The molecule has 1 aliphatic carbocycles. The zero-order valence-corrected chi connectivity index (χ0v) is 13.6. The van der Waals surface area contributed by atoms with Crippen LogP contribution in [0.25, 0.3) is 0 Å². The molecule has 0 radical (unpaired) electrons. The summed E-state index contributed by atoms with van der Waals surface area (Å²) >= 11 is 0. The molecule has 0 aliphatic heterocycles. The fourth-order valence-electron chi connectivity index (χ4n) is 2.92. The van der Waals surface area contributed by atoms with Crippen LogP contribution in [0.1, 0.15) is 44.7 Å². The molecule has 1 atom stereocenters. The molecule has 0 aromatic heterocycles. The van der Waals surface area contributed by atoms with Crippen molar-refractivity contribution in [2.75, 3.05) is 26.0 Å².